The second kappa shape index (κ2) is 7.22. The highest BCUT2D eigenvalue weighted by Gasteiger charge is 2.11. The van der Waals surface area contributed by atoms with Crippen LogP contribution in [0.1, 0.15) is 5.56 Å². The fraction of sp³-hybridized carbons (Fsp3) is 0.417. The van der Waals surface area contributed by atoms with E-state index in [4.69, 9.17) is 15.6 Å². The van der Waals surface area contributed by atoms with E-state index < -0.39 is 22.1 Å². The topological polar surface area (TPSA) is 116 Å². The summed E-state index contributed by atoms with van der Waals surface area (Å²) in [4.78, 5) is 10.6. The van der Waals surface area contributed by atoms with E-state index in [-0.39, 0.29) is 19.6 Å². The Morgan fingerprint density at radius 3 is 2.40 bits per heavy atom. The fourth-order valence-corrected chi connectivity index (χ4v) is 1.78. The molecule has 7 nitrogen and oxygen atoms in total. The van der Waals surface area contributed by atoms with E-state index in [1.165, 1.54) is 0 Å². The van der Waals surface area contributed by atoms with E-state index in [9.17, 15) is 13.2 Å². The molecule has 0 aliphatic rings. The average molecular weight is 303 g/mol. The molecule has 112 valence electrons. The van der Waals surface area contributed by atoms with Crippen molar-refractivity contribution in [2.75, 3.05) is 19.5 Å². The molecule has 1 rings (SSSR count). The highest BCUT2D eigenvalue weighted by Crippen LogP contribution is 2.13. The predicted molar refractivity (Wildman–Crippen MR) is 72.0 cm³/mol. The van der Waals surface area contributed by atoms with Gasteiger partial charge in [-0.05, 0) is 24.1 Å². The first-order valence-corrected chi connectivity index (χ1v) is 7.64. The molecule has 1 atom stereocenters. The Morgan fingerprint density at radius 1 is 1.30 bits per heavy atom. The van der Waals surface area contributed by atoms with E-state index in [1.807, 2.05) is 0 Å². The fourth-order valence-electron chi connectivity index (χ4n) is 1.41. The Labute approximate surface area is 117 Å². The Morgan fingerprint density at radius 2 is 1.90 bits per heavy atom. The number of carboxylic acid groups (broad SMARTS) is 1. The van der Waals surface area contributed by atoms with Crippen LogP contribution in [0.15, 0.2) is 24.3 Å². The lowest BCUT2D eigenvalue weighted by Gasteiger charge is -2.09. The van der Waals surface area contributed by atoms with Crippen molar-refractivity contribution >= 4 is 16.1 Å². The Kier molecular flexibility index (Phi) is 5.93. The van der Waals surface area contributed by atoms with Crippen molar-refractivity contribution in [2.24, 2.45) is 5.73 Å². The molecule has 0 amide bonds. The van der Waals surface area contributed by atoms with Gasteiger partial charge in [0.2, 0.25) is 0 Å². The van der Waals surface area contributed by atoms with Gasteiger partial charge in [-0.3, -0.25) is 8.98 Å². The average Bonchev–Trinajstić information content (AvgIpc) is 2.35. The van der Waals surface area contributed by atoms with Gasteiger partial charge in [-0.1, -0.05) is 12.1 Å². The summed E-state index contributed by atoms with van der Waals surface area (Å²) in [5, 5.41) is 8.69. The van der Waals surface area contributed by atoms with Gasteiger partial charge < -0.3 is 15.6 Å². The number of carboxylic acids is 1. The molecule has 0 radical (unpaired) electrons. The number of ether oxygens (including phenoxy) is 1. The first-order chi connectivity index (χ1) is 9.28. The third-order valence-corrected chi connectivity index (χ3v) is 2.94. The molecule has 20 heavy (non-hydrogen) atoms. The van der Waals surface area contributed by atoms with E-state index in [0.717, 1.165) is 11.8 Å². The molecule has 0 heterocycles. The Bertz CT molecular complexity index is 540. The Hall–Kier alpha value is -1.64. The van der Waals surface area contributed by atoms with Crippen molar-refractivity contribution in [3.05, 3.63) is 29.8 Å². The lowest BCUT2D eigenvalue weighted by molar-refractivity contribution is -0.138. The number of carbonyl (C=O) groups is 1. The number of benzene rings is 1. The van der Waals surface area contributed by atoms with Crippen LogP contribution in [0.2, 0.25) is 0 Å². The minimum atomic E-state index is -3.46. The summed E-state index contributed by atoms with van der Waals surface area (Å²) in [5.41, 5.74) is 6.20. The van der Waals surface area contributed by atoms with Crippen LogP contribution in [0.5, 0.6) is 5.75 Å². The normalized spacial score (nSPS) is 12.9. The summed E-state index contributed by atoms with van der Waals surface area (Å²) in [6.45, 7) is 0.0333. The van der Waals surface area contributed by atoms with Crippen molar-refractivity contribution in [2.45, 2.75) is 12.5 Å². The minimum absolute atomic E-state index is 0.0650. The smallest absolute Gasteiger partial charge is 0.320 e. The van der Waals surface area contributed by atoms with Crippen LogP contribution in [-0.4, -0.2) is 45.0 Å². The monoisotopic (exact) mass is 303 g/mol. The summed E-state index contributed by atoms with van der Waals surface area (Å²) in [5.74, 6) is -0.516. The zero-order valence-electron chi connectivity index (χ0n) is 11.0. The van der Waals surface area contributed by atoms with Crippen molar-refractivity contribution in [3.63, 3.8) is 0 Å². The zero-order chi connectivity index (χ0) is 15.2. The molecule has 3 N–H and O–H groups in total. The van der Waals surface area contributed by atoms with Gasteiger partial charge in [0, 0.05) is 0 Å². The maximum absolute atomic E-state index is 10.7. The van der Waals surface area contributed by atoms with Gasteiger partial charge in [0.25, 0.3) is 10.1 Å². The number of nitrogens with two attached hydrogens (primary N) is 1. The highest BCUT2D eigenvalue weighted by atomic mass is 32.2. The van der Waals surface area contributed by atoms with Gasteiger partial charge in [0.05, 0.1) is 6.26 Å². The lowest BCUT2D eigenvalue weighted by Crippen LogP contribution is -2.32. The number of aliphatic carboxylic acids is 1. The quantitative estimate of drug-likeness (QED) is 0.512. The number of rotatable bonds is 8. The van der Waals surface area contributed by atoms with Crippen LogP contribution in [0.3, 0.4) is 0 Å². The van der Waals surface area contributed by atoms with E-state index in [1.54, 1.807) is 24.3 Å². The standard InChI is InChI=1S/C12H17NO6S/c1-20(16,17)19-7-6-18-10-4-2-9(3-5-10)8-11(13)12(14)15/h2-5,11H,6-8,13H2,1H3,(H,14,15)/t11-/m0/s1. The van der Waals surface area contributed by atoms with Gasteiger partial charge in [0.15, 0.2) is 0 Å². The van der Waals surface area contributed by atoms with Crippen molar-refractivity contribution in [1.29, 1.82) is 0 Å². The molecular weight excluding hydrogens is 286 g/mol. The van der Waals surface area contributed by atoms with Gasteiger partial charge in [0.1, 0.15) is 25.0 Å². The molecular formula is C12H17NO6S. The van der Waals surface area contributed by atoms with E-state index >= 15 is 0 Å². The maximum atomic E-state index is 10.7. The molecule has 0 fully saturated rings. The van der Waals surface area contributed by atoms with Crippen molar-refractivity contribution in [3.8, 4) is 5.75 Å². The zero-order valence-corrected chi connectivity index (χ0v) is 11.8. The highest BCUT2D eigenvalue weighted by molar-refractivity contribution is 7.85. The first-order valence-electron chi connectivity index (χ1n) is 5.82. The molecule has 0 aliphatic carbocycles. The van der Waals surface area contributed by atoms with Gasteiger partial charge >= 0.3 is 5.97 Å². The van der Waals surface area contributed by atoms with Crippen LogP contribution in [0, 0.1) is 0 Å². The maximum Gasteiger partial charge on any atom is 0.320 e. The first kappa shape index (κ1) is 16.4. The van der Waals surface area contributed by atoms with Crippen molar-refractivity contribution in [1.82, 2.24) is 0 Å². The second-order valence-electron chi connectivity index (χ2n) is 4.17. The predicted octanol–water partition coefficient (Wildman–Crippen LogP) is -0.00400. The Balaban J connectivity index is 2.41. The molecule has 0 saturated carbocycles. The summed E-state index contributed by atoms with van der Waals surface area (Å²) >= 11 is 0. The summed E-state index contributed by atoms with van der Waals surface area (Å²) in [7, 11) is -3.46. The van der Waals surface area contributed by atoms with Crippen LogP contribution in [-0.2, 0) is 25.5 Å². The molecule has 0 aliphatic heterocycles. The SMILES string of the molecule is CS(=O)(=O)OCCOc1ccc(C[C@H](N)C(=O)O)cc1. The van der Waals surface area contributed by atoms with Crippen LogP contribution >= 0.6 is 0 Å². The molecule has 0 aromatic heterocycles. The second-order valence-corrected chi connectivity index (χ2v) is 5.81. The molecule has 8 heteroatoms. The van der Waals surface area contributed by atoms with Crippen molar-refractivity contribution < 1.29 is 27.2 Å². The lowest BCUT2D eigenvalue weighted by atomic mass is 10.1. The summed E-state index contributed by atoms with van der Waals surface area (Å²) < 4.78 is 31.2. The van der Waals surface area contributed by atoms with E-state index in [2.05, 4.69) is 4.18 Å². The largest absolute Gasteiger partial charge is 0.491 e. The van der Waals surface area contributed by atoms with Gasteiger partial charge in [-0.25, -0.2) is 0 Å². The van der Waals surface area contributed by atoms with Crippen LogP contribution in [0.25, 0.3) is 0 Å². The number of hydrogen-bond acceptors (Lipinski definition) is 6. The molecule has 1 aromatic carbocycles. The van der Waals surface area contributed by atoms with E-state index in [0.29, 0.717) is 5.75 Å². The molecule has 1 aromatic rings. The van der Waals surface area contributed by atoms with Crippen LogP contribution < -0.4 is 10.5 Å². The number of hydrogen-bond donors (Lipinski definition) is 2. The van der Waals surface area contributed by atoms with Gasteiger partial charge in [-0.15, -0.1) is 0 Å². The van der Waals surface area contributed by atoms with Gasteiger partial charge in [-0.2, -0.15) is 8.42 Å². The van der Waals surface area contributed by atoms with Crippen LogP contribution in [0.4, 0.5) is 0 Å². The third-order valence-electron chi connectivity index (χ3n) is 2.35. The third kappa shape index (κ3) is 6.50. The summed E-state index contributed by atoms with van der Waals surface area (Å²) in [6, 6.07) is 5.78. The molecule has 0 bridgehead atoms. The minimum Gasteiger partial charge on any atom is -0.491 e. The summed E-state index contributed by atoms with van der Waals surface area (Å²) in [6.07, 6.45) is 1.19. The molecule has 0 saturated heterocycles. The molecule has 0 spiro atoms. The molecule has 0 unspecified atom stereocenters.